The molecule has 37 heavy (non-hydrogen) atoms. The fourth-order valence-electron chi connectivity index (χ4n) is 6.75. The van der Waals surface area contributed by atoms with Crippen LogP contribution < -0.4 is 4.74 Å². The van der Waals surface area contributed by atoms with Gasteiger partial charge in [-0.25, -0.2) is 4.79 Å². The van der Waals surface area contributed by atoms with Gasteiger partial charge in [0.15, 0.2) is 0 Å². The molecule has 0 saturated heterocycles. The molecule has 0 unspecified atom stereocenters. The standard InChI is InChI=1S/C35H48O2/c1-3-5-7-9-11-13-33(36)37-32-20-16-30(17-21-32)29-14-18-31(19-15-29)35-26-23-34(24-27-35,25-28-35)22-12-10-8-6-4-2/h11,13-21H,3-10,12,22-28H2,1-2H3/b13-11+. The normalized spacial score (nSPS) is 23.0. The maximum Gasteiger partial charge on any atom is 0.335 e. The van der Waals surface area contributed by atoms with Gasteiger partial charge in [-0.3, -0.25) is 0 Å². The minimum atomic E-state index is -0.298. The molecule has 3 aliphatic rings. The minimum absolute atomic E-state index is 0.298. The molecule has 2 aromatic rings. The number of hydrogen-bond acceptors (Lipinski definition) is 2. The Morgan fingerprint density at radius 1 is 0.730 bits per heavy atom. The third-order valence-electron chi connectivity index (χ3n) is 9.34. The van der Waals surface area contributed by atoms with Gasteiger partial charge in [0.2, 0.25) is 0 Å². The van der Waals surface area contributed by atoms with Gasteiger partial charge < -0.3 is 4.74 Å². The maximum absolute atomic E-state index is 12.1. The Hall–Kier alpha value is -2.35. The van der Waals surface area contributed by atoms with Gasteiger partial charge in [0.1, 0.15) is 5.75 Å². The number of allylic oxidation sites excluding steroid dienone is 1. The average Bonchev–Trinajstić information content (AvgIpc) is 2.94. The molecule has 2 nitrogen and oxygen atoms in total. The van der Waals surface area contributed by atoms with Crippen LogP contribution in [0.1, 0.15) is 122 Å². The smallest absolute Gasteiger partial charge is 0.335 e. The molecule has 200 valence electrons. The summed E-state index contributed by atoms with van der Waals surface area (Å²) in [5.41, 5.74) is 4.99. The Bertz CT molecular complexity index is 974. The van der Waals surface area contributed by atoms with E-state index in [2.05, 4.69) is 50.2 Å². The Kier molecular flexibility index (Phi) is 10.1. The SMILES string of the molecule is CCCCC/C=C/C(=O)Oc1ccc(-c2ccc(C34CCC(CCCCCCC)(CC3)CC4)cc2)cc1. The lowest BCUT2D eigenvalue weighted by atomic mass is 9.51. The average molecular weight is 501 g/mol. The van der Waals surface area contributed by atoms with E-state index in [0.717, 1.165) is 18.4 Å². The van der Waals surface area contributed by atoms with Gasteiger partial charge in [-0.1, -0.05) is 101 Å². The van der Waals surface area contributed by atoms with E-state index in [4.69, 9.17) is 4.74 Å². The number of ether oxygens (including phenoxy) is 1. The van der Waals surface area contributed by atoms with Crippen LogP contribution in [0.2, 0.25) is 0 Å². The molecule has 0 heterocycles. The van der Waals surface area contributed by atoms with Gasteiger partial charge >= 0.3 is 5.97 Å². The second-order valence-electron chi connectivity index (χ2n) is 11.9. The number of carbonyl (C=O) groups excluding carboxylic acids is 1. The molecule has 5 rings (SSSR count). The number of hydrogen-bond donors (Lipinski definition) is 0. The van der Waals surface area contributed by atoms with Gasteiger partial charge in [-0.05, 0) is 97.4 Å². The molecule has 2 bridgehead atoms. The lowest BCUT2D eigenvalue weighted by Crippen LogP contribution is -2.44. The van der Waals surface area contributed by atoms with Crippen molar-refractivity contribution >= 4 is 5.97 Å². The van der Waals surface area contributed by atoms with E-state index in [1.165, 1.54) is 95.5 Å². The van der Waals surface area contributed by atoms with Crippen LogP contribution in [0, 0.1) is 5.41 Å². The molecular weight excluding hydrogens is 452 g/mol. The van der Waals surface area contributed by atoms with Crippen molar-refractivity contribution < 1.29 is 9.53 Å². The third kappa shape index (κ3) is 7.37. The first kappa shape index (κ1) is 27.7. The van der Waals surface area contributed by atoms with E-state index in [-0.39, 0.29) is 5.97 Å². The third-order valence-corrected chi connectivity index (χ3v) is 9.34. The Morgan fingerprint density at radius 3 is 1.92 bits per heavy atom. The van der Waals surface area contributed by atoms with E-state index in [9.17, 15) is 4.79 Å². The van der Waals surface area contributed by atoms with Crippen molar-refractivity contribution in [2.24, 2.45) is 5.41 Å². The predicted molar refractivity (Wildman–Crippen MR) is 156 cm³/mol. The minimum Gasteiger partial charge on any atom is -0.423 e. The molecule has 2 aromatic carbocycles. The Labute approximate surface area is 225 Å². The van der Waals surface area contributed by atoms with E-state index in [1.54, 1.807) is 11.6 Å². The predicted octanol–water partition coefficient (Wildman–Crippen LogP) is 10.3. The molecule has 0 N–H and O–H groups in total. The van der Waals surface area contributed by atoms with Crippen molar-refractivity contribution in [2.45, 2.75) is 122 Å². The molecule has 0 radical (unpaired) electrons. The highest BCUT2D eigenvalue weighted by Gasteiger charge is 2.48. The number of rotatable bonds is 14. The second kappa shape index (κ2) is 13.4. The van der Waals surface area contributed by atoms with Crippen LogP contribution in [0.3, 0.4) is 0 Å². The highest BCUT2D eigenvalue weighted by molar-refractivity contribution is 5.84. The molecule has 3 fully saturated rings. The molecule has 3 saturated carbocycles. The molecule has 0 aromatic heterocycles. The van der Waals surface area contributed by atoms with Crippen molar-refractivity contribution in [3.63, 3.8) is 0 Å². The van der Waals surface area contributed by atoms with Crippen molar-refractivity contribution in [1.29, 1.82) is 0 Å². The summed E-state index contributed by atoms with van der Waals surface area (Å²) in [5.74, 6) is 0.300. The summed E-state index contributed by atoms with van der Waals surface area (Å²) in [4.78, 5) is 12.1. The first-order chi connectivity index (χ1) is 18.1. The molecular formula is C35H48O2. The Balaban J connectivity index is 1.28. The number of fused-ring (bicyclic) bond motifs is 3. The van der Waals surface area contributed by atoms with Gasteiger partial charge in [0, 0.05) is 6.08 Å². The van der Waals surface area contributed by atoms with Crippen LogP contribution in [0.25, 0.3) is 11.1 Å². The largest absolute Gasteiger partial charge is 0.423 e. The van der Waals surface area contributed by atoms with E-state index in [1.807, 2.05) is 18.2 Å². The topological polar surface area (TPSA) is 26.3 Å². The van der Waals surface area contributed by atoms with Crippen LogP contribution in [0.4, 0.5) is 0 Å². The van der Waals surface area contributed by atoms with Gasteiger partial charge in [0.25, 0.3) is 0 Å². The fraction of sp³-hybridized carbons (Fsp3) is 0.571. The summed E-state index contributed by atoms with van der Waals surface area (Å²) >= 11 is 0. The molecule has 3 aliphatic carbocycles. The molecule has 0 spiro atoms. The first-order valence-corrected chi connectivity index (χ1v) is 15.2. The highest BCUT2D eigenvalue weighted by atomic mass is 16.5. The molecule has 0 amide bonds. The van der Waals surface area contributed by atoms with Crippen molar-refractivity contribution in [3.8, 4) is 16.9 Å². The van der Waals surface area contributed by atoms with Crippen LogP contribution in [0.15, 0.2) is 60.7 Å². The van der Waals surface area contributed by atoms with Gasteiger partial charge in [-0.2, -0.15) is 0 Å². The van der Waals surface area contributed by atoms with Gasteiger partial charge in [-0.15, -0.1) is 0 Å². The summed E-state index contributed by atoms with van der Waals surface area (Å²) in [5, 5.41) is 0. The second-order valence-corrected chi connectivity index (χ2v) is 11.9. The van der Waals surface area contributed by atoms with Crippen molar-refractivity contribution in [1.82, 2.24) is 0 Å². The number of carbonyl (C=O) groups is 1. The molecule has 0 aliphatic heterocycles. The zero-order valence-electron chi connectivity index (χ0n) is 23.4. The lowest BCUT2D eigenvalue weighted by Gasteiger charge is -2.54. The summed E-state index contributed by atoms with van der Waals surface area (Å²) in [7, 11) is 0. The lowest BCUT2D eigenvalue weighted by molar-refractivity contribution is -0.129. The number of benzene rings is 2. The summed E-state index contributed by atoms with van der Waals surface area (Å²) in [6, 6.07) is 17.2. The Morgan fingerprint density at radius 2 is 1.30 bits per heavy atom. The van der Waals surface area contributed by atoms with E-state index < -0.39 is 0 Å². The number of esters is 1. The van der Waals surface area contributed by atoms with Crippen LogP contribution in [-0.2, 0) is 10.2 Å². The van der Waals surface area contributed by atoms with Crippen molar-refractivity contribution in [2.75, 3.05) is 0 Å². The summed E-state index contributed by atoms with van der Waals surface area (Å²) in [6.45, 7) is 4.49. The van der Waals surface area contributed by atoms with Crippen LogP contribution in [0.5, 0.6) is 5.75 Å². The fourth-order valence-corrected chi connectivity index (χ4v) is 6.75. The first-order valence-electron chi connectivity index (χ1n) is 15.2. The zero-order valence-corrected chi connectivity index (χ0v) is 23.4. The van der Waals surface area contributed by atoms with Crippen molar-refractivity contribution in [3.05, 3.63) is 66.2 Å². The van der Waals surface area contributed by atoms with Crippen LogP contribution >= 0.6 is 0 Å². The van der Waals surface area contributed by atoms with E-state index in [0.29, 0.717) is 16.6 Å². The maximum atomic E-state index is 12.1. The quantitative estimate of drug-likeness (QED) is 0.112. The zero-order chi connectivity index (χ0) is 26.0. The summed E-state index contributed by atoms with van der Waals surface area (Å²) < 4.78 is 5.47. The highest BCUT2D eigenvalue weighted by Crippen LogP contribution is 2.59. The summed E-state index contributed by atoms with van der Waals surface area (Å²) in [6.07, 6.45) is 24.8. The van der Waals surface area contributed by atoms with E-state index >= 15 is 0 Å². The molecule has 2 heteroatoms. The van der Waals surface area contributed by atoms with Crippen LogP contribution in [-0.4, -0.2) is 5.97 Å². The number of unbranched alkanes of at least 4 members (excludes halogenated alkanes) is 7. The monoisotopic (exact) mass is 500 g/mol. The molecule has 0 atom stereocenters. The van der Waals surface area contributed by atoms with Gasteiger partial charge in [0.05, 0.1) is 0 Å².